The summed E-state index contributed by atoms with van der Waals surface area (Å²) in [5, 5.41) is 4.21. The Morgan fingerprint density at radius 3 is 3.05 bits per heavy atom. The molecule has 1 N–H and O–H groups in total. The normalized spacial score (nSPS) is 21.4. The molecule has 0 aliphatic carbocycles. The molecule has 1 fully saturated rings. The number of benzene rings is 1. The molecule has 0 amide bonds. The third-order valence-electron chi connectivity index (χ3n) is 3.88. The Labute approximate surface area is 125 Å². The van der Waals surface area contributed by atoms with Gasteiger partial charge in [0.25, 0.3) is 0 Å². The van der Waals surface area contributed by atoms with Gasteiger partial charge in [0.05, 0.1) is 5.02 Å². The zero-order chi connectivity index (χ0) is 13.9. The third kappa shape index (κ3) is 3.19. The number of rotatable bonds is 4. The van der Waals surface area contributed by atoms with Crippen LogP contribution in [0.3, 0.4) is 0 Å². The minimum atomic E-state index is 0.264. The van der Waals surface area contributed by atoms with Crippen LogP contribution in [-0.2, 0) is 6.54 Å². The fraction of sp³-hybridized carbons (Fsp3) is 0.600. The largest absolute Gasteiger partial charge is 0.454 e. The van der Waals surface area contributed by atoms with Crippen LogP contribution in [0.5, 0.6) is 11.5 Å². The van der Waals surface area contributed by atoms with Gasteiger partial charge in [-0.1, -0.05) is 18.0 Å². The molecular formula is C15H21ClN2O2. The Balaban J connectivity index is 1.61. The van der Waals surface area contributed by atoms with Crippen LogP contribution in [-0.4, -0.2) is 37.9 Å². The summed E-state index contributed by atoms with van der Waals surface area (Å²) < 4.78 is 10.7. The summed E-state index contributed by atoms with van der Waals surface area (Å²) in [5.41, 5.74) is 1.16. The first-order valence-electron chi connectivity index (χ1n) is 7.22. The number of hydrogen-bond donors (Lipinski definition) is 1. The van der Waals surface area contributed by atoms with Crippen LogP contribution in [0.4, 0.5) is 0 Å². The van der Waals surface area contributed by atoms with Crippen LogP contribution in [0.15, 0.2) is 12.1 Å². The van der Waals surface area contributed by atoms with E-state index in [1.807, 2.05) is 12.1 Å². The molecule has 1 unspecified atom stereocenters. The van der Waals surface area contributed by atoms with Crippen molar-refractivity contribution in [2.75, 3.05) is 26.9 Å². The van der Waals surface area contributed by atoms with Crippen LogP contribution in [0.25, 0.3) is 0 Å². The number of hydrogen-bond acceptors (Lipinski definition) is 4. The predicted molar refractivity (Wildman–Crippen MR) is 79.6 cm³/mol. The lowest BCUT2D eigenvalue weighted by atomic mass is 10.0. The maximum absolute atomic E-state index is 6.21. The number of likely N-dealkylation sites (N-methyl/N-ethyl adjacent to an activating group) is 1. The van der Waals surface area contributed by atoms with Gasteiger partial charge in [-0.2, -0.15) is 0 Å². The SMILES string of the molecule is CN(Cc1cc(Cl)c2c(c1)OCO2)CC1CCCCN1. The summed E-state index contributed by atoms with van der Waals surface area (Å²) in [6.07, 6.45) is 3.91. The van der Waals surface area contributed by atoms with E-state index < -0.39 is 0 Å². The fourth-order valence-electron chi connectivity index (χ4n) is 2.94. The lowest BCUT2D eigenvalue weighted by Gasteiger charge is -2.28. The van der Waals surface area contributed by atoms with Crippen LogP contribution in [0.1, 0.15) is 24.8 Å². The molecule has 3 rings (SSSR count). The Morgan fingerprint density at radius 1 is 1.35 bits per heavy atom. The van der Waals surface area contributed by atoms with Crippen molar-refractivity contribution < 1.29 is 9.47 Å². The van der Waals surface area contributed by atoms with Gasteiger partial charge < -0.3 is 19.7 Å². The topological polar surface area (TPSA) is 33.7 Å². The molecule has 0 saturated carbocycles. The molecule has 0 spiro atoms. The van der Waals surface area contributed by atoms with Gasteiger partial charge >= 0.3 is 0 Å². The average Bonchev–Trinajstić information content (AvgIpc) is 2.88. The molecule has 0 bridgehead atoms. The van der Waals surface area contributed by atoms with E-state index in [4.69, 9.17) is 21.1 Å². The predicted octanol–water partition coefficient (Wildman–Crippen LogP) is 2.64. The van der Waals surface area contributed by atoms with Gasteiger partial charge in [-0.3, -0.25) is 0 Å². The highest BCUT2D eigenvalue weighted by Crippen LogP contribution is 2.39. The lowest BCUT2D eigenvalue weighted by Crippen LogP contribution is -2.42. The van der Waals surface area contributed by atoms with Crippen molar-refractivity contribution in [2.24, 2.45) is 0 Å². The van der Waals surface area contributed by atoms with Crippen LogP contribution < -0.4 is 14.8 Å². The summed E-state index contributed by atoms with van der Waals surface area (Å²) in [4.78, 5) is 2.33. The smallest absolute Gasteiger partial charge is 0.231 e. The first kappa shape index (κ1) is 14.0. The molecule has 1 atom stereocenters. The summed E-state index contributed by atoms with van der Waals surface area (Å²) in [6.45, 7) is 3.34. The molecule has 0 radical (unpaired) electrons. The molecule has 4 nitrogen and oxygen atoms in total. The zero-order valence-corrected chi connectivity index (χ0v) is 12.6. The number of nitrogens with zero attached hydrogens (tertiary/aromatic N) is 1. The average molecular weight is 297 g/mol. The van der Waals surface area contributed by atoms with E-state index >= 15 is 0 Å². The number of piperidine rings is 1. The van der Waals surface area contributed by atoms with Crippen LogP contribution in [0, 0.1) is 0 Å². The van der Waals surface area contributed by atoms with Crippen molar-refractivity contribution >= 4 is 11.6 Å². The fourth-order valence-corrected chi connectivity index (χ4v) is 3.23. The van der Waals surface area contributed by atoms with Gasteiger partial charge in [0.2, 0.25) is 6.79 Å². The molecule has 2 heterocycles. The molecule has 1 saturated heterocycles. The first-order valence-corrected chi connectivity index (χ1v) is 7.60. The minimum Gasteiger partial charge on any atom is -0.454 e. The summed E-state index contributed by atoms with van der Waals surface area (Å²) >= 11 is 6.21. The number of ether oxygens (including phenoxy) is 2. The van der Waals surface area contributed by atoms with Gasteiger partial charge in [0, 0.05) is 19.1 Å². The number of halogens is 1. The van der Waals surface area contributed by atoms with Gasteiger partial charge in [0.15, 0.2) is 11.5 Å². The maximum Gasteiger partial charge on any atom is 0.231 e. The van der Waals surface area contributed by atoms with Crippen LogP contribution in [0.2, 0.25) is 5.02 Å². The monoisotopic (exact) mass is 296 g/mol. The molecule has 5 heteroatoms. The zero-order valence-electron chi connectivity index (χ0n) is 11.8. The molecule has 1 aromatic rings. The van der Waals surface area contributed by atoms with Crippen LogP contribution >= 0.6 is 11.6 Å². The second kappa shape index (κ2) is 6.20. The molecule has 1 aromatic carbocycles. The second-order valence-corrected chi connectivity index (χ2v) is 6.06. The van der Waals surface area contributed by atoms with Gasteiger partial charge in [-0.15, -0.1) is 0 Å². The number of fused-ring (bicyclic) bond motifs is 1. The van der Waals surface area contributed by atoms with Gasteiger partial charge in [0.1, 0.15) is 0 Å². The van der Waals surface area contributed by atoms with Crippen molar-refractivity contribution in [1.29, 1.82) is 0 Å². The Hall–Kier alpha value is -0.970. The van der Waals surface area contributed by atoms with E-state index in [1.54, 1.807) is 0 Å². The Morgan fingerprint density at radius 2 is 2.25 bits per heavy atom. The summed E-state index contributed by atoms with van der Waals surface area (Å²) in [5.74, 6) is 1.43. The highest BCUT2D eigenvalue weighted by molar-refractivity contribution is 6.32. The van der Waals surface area contributed by atoms with Crippen molar-refractivity contribution in [3.8, 4) is 11.5 Å². The summed E-state index contributed by atoms with van der Waals surface area (Å²) in [7, 11) is 2.15. The van der Waals surface area contributed by atoms with Crippen molar-refractivity contribution in [3.05, 3.63) is 22.7 Å². The standard InChI is InChI=1S/C15H21ClN2O2/c1-18(9-12-4-2-3-5-17-12)8-11-6-13(16)15-14(7-11)19-10-20-15/h6-7,12,17H,2-5,8-10H2,1H3. The molecule has 0 aromatic heterocycles. The first-order chi connectivity index (χ1) is 9.72. The molecule has 20 heavy (non-hydrogen) atoms. The van der Waals surface area contributed by atoms with Crippen molar-refractivity contribution in [2.45, 2.75) is 31.8 Å². The second-order valence-electron chi connectivity index (χ2n) is 5.66. The van der Waals surface area contributed by atoms with E-state index in [0.717, 1.165) is 30.9 Å². The molecule has 110 valence electrons. The third-order valence-corrected chi connectivity index (χ3v) is 4.16. The van der Waals surface area contributed by atoms with Crippen molar-refractivity contribution in [3.63, 3.8) is 0 Å². The molecular weight excluding hydrogens is 276 g/mol. The van der Waals surface area contributed by atoms with E-state index in [0.29, 0.717) is 16.8 Å². The highest BCUT2D eigenvalue weighted by atomic mass is 35.5. The maximum atomic E-state index is 6.21. The van der Waals surface area contributed by atoms with E-state index in [-0.39, 0.29) is 6.79 Å². The van der Waals surface area contributed by atoms with Gasteiger partial charge in [-0.25, -0.2) is 0 Å². The van der Waals surface area contributed by atoms with E-state index in [9.17, 15) is 0 Å². The van der Waals surface area contributed by atoms with E-state index in [1.165, 1.54) is 19.3 Å². The van der Waals surface area contributed by atoms with Gasteiger partial charge in [-0.05, 0) is 44.1 Å². The minimum absolute atomic E-state index is 0.264. The number of nitrogens with one attached hydrogen (secondary N) is 1. The summed E-state index contributed by atoms with van der Waals surface area (Å²) in [6, 6.07) is 4.61. The lowest BCUT2D eigenvalue weighted by molar-refractivity contribution is 0.174. The highest BCUT2D eigenvalue weighted by Gasteiger charge is 2.19. The Kier molecular flexibility index (Phi) is 4.34. The molecule has 2 aliphatic heterocycles. The van der Waals surface area contributed by atoms with E-state index in [2.05, 4.69) is 17.3 Å². The quantitative estimate of drug-likeness (QED) is 0.926. The Bertz CT molecular complexity index is 475. The molecule has 2 aliphatic rings. The van der Waals surface area contributed by atoms with Crippen molar-refractivity contribution in [1.82, 2.24) is 10.2 Å².